The Kier molecular flexibility index (Phi) is 4.71. The number of piperidine rings is 1. The molecule has 2 heterocycles. The first kappa shape index (κ1) is 16.1. The van der Waals surface area contributed by atoms with E-state index < -0.39 is 0 Å². The van der Waals surface area contributed by atoms with Gasteiger partial charge in [-0.3, -0.25) is 4.79 Å². The molecule has 2 aromatic rings. The molecule has 0 saturated carbocycles. The standard InChI is InChI=1S/C18H21ClN2O2/c1-3-23-18(22)13-5-4-8-21(11-13)17-9-12(2)15-10-14(19)6-7-16(15)20-17/h6-7,9-10,13H,3-5,8,11H2,1-2H3. The first-order valence-corrected chi connectivity index (χ1v) is 8.44. The molecule has 1 aliphatic heterocycles. The zero-order chi connectivity index (χ0) is 16.4. The molecule has 1 saturated heterocycles. The van der Waals surface area contributed by atoms with Crippen LogP contribution in [0.1, 0.15) is 25.3 Å². The van der Waals surface area contributed by atoms with Crippen molar-refractivity contribution in [1.82, 2.24) is 4.98 Å². The molecule has 0 bridgehead atoms. The Bertz CT molecular complexity index is 732. The van der Waals surface area contributed by atoms with Gasteiger partial charge in [-0.25, -0.2) is 4.98 Å². The first-order chi connectivity index (χ1) is 11.1. The van der Waals surface area contributed by atoms with Crippen LogP contribution < -0.4 is 4.90 Å². The van der Waals surface area contributed by atoms with Crippen molar-refractivity contribution in [2.24, 2.45) is 5.92 Å². The van der Waals surface area contributed by atoms with Crippen molar-refractivity contribution >= 4 is 34.3 Å². The van der Waals surface area contributed by atoms with Crippen molar-refractivity contribution in [2.75, 3.05) is 24.6 Å². The highest BCUT2D eigenvalue weighted by Crippen LogP contribution is 2.28. The van der Waals surface area contributed by atoms with E-state index in [1.807, 2.05) is 25.1 Å². The van der Waals surface area contributed by atoms with Crippen LogP contribution in [0.15, 0.2) is 24.3 Å². The van der Waals surface area contributed by atoms with Crippen LogP contribution in [0.4, 0.5) is 5.82 Å². The number of esters is 1. The van der Waals surface area contributed by atoms with Crippen LogP contribution in [0.25, 0.3) is 10.9 Å². The number of carbonyl (C=O) groups excluding carboxylic acids is 1. The van der Waals surface area contributed by atoms with E-state index in [4.69, 9.17) is 21.3 Å². The minimum Gasteiger partial charge on any atom is -0.466 e. The fourth-order valence-corrected chi connectivity index (χ4v) is 3.32. The maximum Gasteiger partial charge on any atom is 0.310 e. The van der Waals surface area contributed by atoms with E-state index in [0.29, 0.717) is 13.2 Å². The molecule has 1 atom stereocenters. The summed E-state index contributed by atoms with van der Waals surface area (Å²) in [6.45, 7) is 5.93. The molecule has 5 heteroatoms. The lowest BCUT2D eigenvalue weighted by Gasteiger charge is -2.32. The fraction of sp³-hybridized carbons (Fsp3) is 0.444. The van der Waals surface area contributed by atoms with Crippen molar-refractivity contribution < 1.29 is 9.53 Å². The molecule has 1 aliphatic rings. The summed E-state index contributed by atoms with van der Waals surface area (Å²) in [7, 11) is 0. The largest absolute Gasteiger partial charge is 0.466 e. The number of pyridine rings is 1. The van der Waals surface area contributed by atoms with Gasteiger partial charge in [0.1, 0.15) is 5.82 Å². The van der Waals surface area contributed by atoms with Crippen LogP contribution in [0.5, 0.6) is 0 Å². The molecule has 0 spiro atoms. The monoisotopic (exact) mass is 332 g/mol. The molecule has 122 valence electrons. The maximum atomic E-state index is 12.0. The summed E-state index contributed by atoms with van der Waals surface area (Å²) < 4.78 is 5.17. The molecule has 1 aromatic carbocycles. The van der Waals surface area contributed by atoms with E-state index in [-0.39, 0.29) is 11.9 Å². The lowest BCUT2D eigenvalue weighted by Crippen LogP contribution is -2.39. The molecule has 0 aliphatic carbocycles. The first-order valence-electron chi connectivity index (χ1n) is 8.07. The number of ether oxygens (including phenoxy) is 1. The summed E-state index contributed by atoms with van der Waals surface area (Å²) in [5.74, 6) is 0.763. The van der Waals surface area contributed by atoms with Crippen molar-refractivity contribution in [2.45, 2.75) is 26.7 Å². The number of fused-ring (bicyclic) bond motifs is 1. The lowest BCUT2D eigenvalue weighted by molar-refractivity contribution is -0.148. The third kappa shape index (κ3) is 3.42. The Balaban J connectivity index is 1.87. The summed E-state index contributed by atoms with van der Waals surface area (Å²) in [5.41, 5.74) is 2.08. The SMILES string of the molecule is CCOC(=O)C1CCCN(c2cc(C)c3cc(Cl)ccc3n2)C1. The Hall–Kier alpha value is -1.81. The van der Waals surface area contributed by atoms with Gasteiger partial charge in [-0.1, -0.05) is 11.6 Å². The van der Waals surface area contributed by atoms with Gasteiger partial charge in [-0.05, 0) is 56.5 Å². The molecule has 4 nitrogen and oxygen atoms in total. The van der Waals surface area contributed by atoms with E-state index in [1.165, 1.54) is 0 Å². The second-order valence-corrected chi connectivity index (χ2v) is 6.43. The summed E-state index contributed by atoms with van der Waals surface area (Å²) in [6, 6.07) is 7.82. The topological polar surface area (TPSA) is 42.4 Å². The summed E-state index contributed by atoms with van der Waals surface area (Å²) in [5, 5.41) is 1.79. The second kappa shape index (κ2) is 6.75. The Morgan fingerprint density at radius 3 is 3.04 bits per heavy atom. The minimum atomic E-state index is -0.0958. The van der Waals surface area contributed by atoms with Crippen LogP contribution in [-0.2, 0) is 9.53 Å². The molecule has 3 rings (SSSR count). The van der Waals surface area contributed by atoms with Gasteiger partial charge >= 0.3 is 5.97 Å². The summed E-state index contributed by atoms with van der Waals surface area (Å²) in [6.07, 6.45) is 1.86. The van der Waals surface area contributed by atoms with Crippen molar-refractivity contribution in [1.29, 1.82) is 0 Å². The van der Waals surface area contributed by atoms with E-state index in [0.717, 1.165) is 46.7 Å². The van der Waals surface area contributed by atoms with Crippen molar-refractivity contribution in [3.05, 3.63) is 34.9 Å². The van der Waals surface area contributed by atoms with Crippen LogP contribution >= 0.6 is 11.6 Å². The summed E-state index contributed by atoms with van der Waals surface area (Å²) >= 11 is 6.07. The average molecular weight is 333 g/mol. The smallest absolute Gasteiger partial charge is 0.310 e. The van der Waals surface area contributed by atoms with E-state index in [9.17, 15) is 4.79 Å². The van der Waals surface area contributed by atoms with Gasteiger partial charge in [-0.2, -0.15) is 0 Å². The Morgan fingerprint density at radius 2 is 2.26 bits per heavy atom. The Labute approximate surface area is 141 Å². The highest BCUT2D eigenvalue weighted by molar-refractivity contribution is 6.31. The quantitative estimate of drug-likeness (QED) is 0.797. The highest BCUT2D eigenvalue weighted by Gasteiger charge is 2.27. The molecule has 1 fully saturated rings. The predicted octanol–water partition coefficient (Wildman–Crippen LogP) is 3.98. The number of hydrogen-bond acceptors (Lipinski definition) is 4. The number of aromatic nitrogens is 1. The molecular formula is C18H21ClN2O2. The van der Waals surface area contributed by atoms with Gasteiger partial charge in [0.25, 0.3) is 0 Å². The zero-order valence-corrected chi connectivity index (χ0v) is 14.3. The maximum absolute atomic E-state index is 12.0. The average Bonchev–Trinajstić information content (AvgIpc) is 2.56. The van der Waals surface area contributed by atoms with E-state index in [1.54, 1.807) is 0 Å². The fourth-order valence-electron chi connectivity index (χ4n) is 3.15. The van der Waals surface area contributed by atoms with Crippen LogP contribution in [0, 0.1) is 12.8 Å². The van der Waals surface area contributed by atoms with Gasteiger partial charge in [0.2, 0.25) is 0 Å². The number of aryl methyl sites for hydroxylation is 1. The highest BCUT2D eigenvalue weighted by atomic mass is 35.5. The van der Waals surface area contributed by atoms with Crippen LogP contribution in [0.3, 0.4) is 0 Å². The zero-order valence-electron chi connectivity index (χ0n) is 13.5. The summed E-state index contributed by atoms with van der Waals surface area (Å²) in [4.78, 5) is 19.0. The third-order valence-corrected chi connectivity index (χ3v) is 4.56. The molecule has 23 heavy (non-hydrogen) atoms. The molecule has 0 N–H and O–H groups in total. The number of rotatable bonds is 3. The number of anilines is 1. The van der Waals surface area contributed by atoms with Gasteiger partial charge in [-0.15, -0.1) is 0 Å². The van der Waals surface area contributed by atoms with Crippen LogP contribution in [0.2, 0.25) is 5.02 Å². The van der Waals surface area contributed by atoms with Gasteiger partial charge in [0.15, 0.2) is 0 Å². The number of benzene rings is 1. The number of hydrogen-bond donors (Lipinski definition) is 0. The molecular weight excluding hydrogens is 312 g/mol. The van der Waals surface area contributed by atoms with E-state index in [2.05, 4.69) is 17.9 Å². The van der Waals surface area contributed by atoms with Crippen molar-refractivity contribution in [3.63, 3.8) is 0 Å². The lowest BCUT2D eigenvalue weighted by atomic mass is 9.98. The molecule has 1 aromatic heterocycles. The number of halogens is 1. The molecule has 0 amide bonds. The third-order valence-electron chi connectivity index (χ3n) is 4.33. The van der Waals surface area contributed by atoms with Crippen LogP contribution in [-0.4, -0.2) is 30.6 Å². The number of nitrogens with zero attached hydrogens (tertiary/aromatic N) is 2. The van der Waals surface area contributed by atoms with Gasteiger partial charge in [0, 0.05) is 23.5 Å². The second-order valence-electron chi connectivity index (χ2n) is 6.00. The minimum absolute atomic E-state index is 0.0632. The number of carbonyl (C=O) groups is 1. The van der Waals surface area contributed by atoms with E-state index >= 15 is 0 Å². The van der Waals surface area contributed by atoms with Crippen molar-refractivity contribution in [3.8, 4) is 0 Å². The van der Waals surface area contributed by atoms with Gasteiger partial charge < -0.3 is 9.64 Å². The normalized spacial score (nSPS) is 18.2. The molecule has 1 unspecified atom stereocenters. The van der Waals surface area contributed by atoms with Gasteiger partial charge in [0.05, 0.1) is 18.0 Å². The Morgan fingerprint density at radius 1 is 1.43 bits per heavy atom. The molecule has 0 radical (unpaired) electrons. The predicted molar refractivity (Wildman–Crippen MR) is 93.1 cm³/mol.